The number of carboxylic acids is 1. The minimum absolute atomic E-state index is 0.0191. The molecule has 0 aliphatic carbocycles. The van der Waals surface area contributed by atoms with E-state index in [1.54, 1.807) is 68.4 Å². The predicted octanol–water partition coefficient (Wildman–Crippen LogP) is 0.298. The minimum atomic E-state index is -1.26. The van der Waals surface area contributed by atoms with Crippen molar-refractivity contribution in [3.63, 3.8) is 0 Å². The highest BCUT2D eigenvalue weighted by molar-refractivity contribution is 5.97. The fourth-order valence-corrected chi connectivity index (χ4v) is 9.71. The fourth-order valence-electron chi connectivity index (χ4n) is 9.71. The Kier molecular flexibility index (Phi) is 20.0. The summed E-state index contributed by atoms with van der Waals surface area (Å²) in [5.74, 6) is -7.22. The molecule has 0 aromatic heterocycles. The fraction of sp³-hybridized carbons (Fsp3) is 0.577. The van der Waals surface area contributed by atoms with Crippen molar-refractivity contribution in [3.8, 4) is 0 Å². The maximum Gasteiger partial charge on any atom is 0.326 e. The Morgan fingerprint density at radius 1 is 0.608 bits per heavy atom. The number of nitrogens with two attached hydrogens (primary N) is 1. The van der Waals surface area contributed by atoms with Crippen LogP contribution in [0.15, 0.2) is 60.7 Å². The topological polar surface area (TPSA) is 314 Å². The first-order valence-corrected chi connectivity index (χ1v) is 25.7. The number of rotatable bonds is 25. The van der Waals surface area contributed by atoms with E-state index in [1.165, 1.54) is 9.80 Å². The summed E-state index contributed by atoms with van der Waals surface area (Å²) in [6, 6.07) is 9.28. The summed E-state index contributed by atoms with van der Waals surface area (Å²) in [6.45, 7) is 6.94. The standard InChI is InChI=1S/C52H71N9O13/c1-5-29(3)43(48(67)56-35(45(53)64)25-31-15-9-7-10-16-31)58-46(65)37-27-73-41-23-21-33(50(69)60(37)41)54-39(62)19-13-14-20-40(63)55-34-22-24-42-61(51(34)70)38(28-74-42)47(66)59-44(30(4)6-2)49(68)57-36(52(71)72)26-32-17-11-8-12-18-32/h7-12,15-18,29-30,33-38,41-44H,5-6,13-14,19-28H2,1-4H3,(H2,53,64)(H,54,62)(H,55,63)(H,56,67)(H,57,68)(H,58,65)(H,59,66)(H,71,72)/t29-,30-,33-,34-,35-,36-,37-,38-,41-,42-,43-,44-/m0/s1. The van der Waals surface area contributed by atoms with Gasteiger partial charge in [-0.05, 0) is 61.5 Å². The van der Waals surface area contributed by atoms with Gasteiger partial charge >= 0.3 is 5.97 Å². The third-order valence-electron chi connectivity index (χ3n) is 14.5. The van der Waals surface area contributed by atoms with E-state index in [0.717, 1.165) is 5.56 Å². The Balaban J connectivity index is 0.949. The lowest BCUT2D eigenvalue weighted by Crippen LogP contribution is -2.62. The third kappa shape index (κ3) is 14.4. The van der Waals surface area contributed by atoms with Crippen LogP contribution in [0.5, 0.6) is 0 Å². The van der Waals surface area contributed by atoms with Gasteiger partial charge in [0.2, 0.25) is 53.2 Å². The summed E-state index contributed by atoms with van der Waals surface area (Å²) < 4.78 is 11.6. The Labute approximate surface area is 430 Å². The van der Waals surface area contributed by atoms with Crippen LogP contribution in [0.25, 0.3) is 0 Å². The summed E-state index contributed by atoms with van der Waals surface area (Å²) in [5, 5.41) is 26.2. The average Bonchev–Trinajstić information content (AvgIpc) is 4.03. The summed E-state index contributed by atoms with van der Waals surface area (Å²) in [6.07, 6.45) is 1.41. The van der Waals surface area contributed by atoms with Gasteiger partial charge in [0.1, 0.15) is 60.8 Å². The molecule has 9 N–H and O–H groups in total. The Morgan fingerprint density at radius 3 is 1.38 bits per heavy atom. The molecule has 0 saturated carbocycles. The number of nitrogens with one attached hydrogen (secondary N) is 6. The first-order chi connectivity index (χ1) is 35.4. The third-order valence-corrected chi connectivity index (χ3v) is 14.5. The number of ether oxygens (including phenoxy) is 2. The van der Waals surface area contributed by atoms with Gasteiger partial charge in [-0.2, -0.15) is 0 Å². The molecule has 4 heterocycles. The van der Waals surface area contributed by atoms with Crippen molar-refractivity contribution in [1.82, 2.24) is 41.7 Å². The highest BCUT2D eigenvalue weighted by atomic mass is 16.5. The second-order valence-corrected chi connectivity index (χ2v) is 19.7. The van der Waals surface area contributed by atoms with Gasteiger partial charge in [-0.25, -0.2) is 4.79 Å². The van der Waals surface area contributed by atoms with Crippen LogP contribution in [-0.2, 0) is 70.3 Å². The summed E-state index contributed by atoms with van der Waals surface area (Å²) in [4.78, 5) is 136. The summed E-state index contributed by atoms with van der Waals surface area (Å²) >= 11 is 0. The number of fused-ring (bicyclic) bond motifs is 2. The number of carbonyl (C=O) groups excluding carboxylic acids is 9. The van der Waals surface area contributed by atoms with Crippen LogP contribution in [0.4, 0.5) is 0 Å². The number of hydrogen-bond donors (Lipinski definition) is 8. The Morgan fingerprint density at radius 2 is 1.00 bits per heavy atom. The number of piperidine rings is 2. The Hall–Kier alpha value is -6.94. The van der Waals surface area contributed by atoms with Crippen LogP contribution in [-0.4, -0.2) is 148 Å². The van der Waals surface area contributed by atoms with Crippen LogP contribution in [0.3, 0.4) is 0 Å². The largest absolute Gasteiger partial charge is 0.480 e. The molecule has 22 nitrogen and oxygen atoms in total. The van der Waals surface area contributed by atoms with E-state index in [9.17, 15) is 53.1 Å². The van der Waals surface area contributed by atoms with Crippen LogP contribution in [0.1, 0.15) is 103 Å². The molecule has 402 valence electrons. The van der Waals surface area contributed by atoms with Gasteiger partial charge in [-0.3, -0.25) is 43.2 Å². The average molecular weight is 1030 g/mol. The Bertz CT molecular complexity index is 2200. The molecule has 9 amide bonds. The number of primary amides is 1. The van der Waals surface area contributed by atoms with Crippen LogP contribution < -0.4 is 37.6 Å². The smallest absolute Gasteiger partial charge is 0.326 e. The molecular formula is C52H71N9O13. The van der Waals surface area contributed by atoms with Gasteiger partial charge in [-0.1, -0.05) is 101 Å². The molecular weight excluding hydrogens is 959 g/mol. The van der Waals surface area contributed by atoms with Crippen molar-refractivity contribution >= 4 is 59.1 Å². The van der Waals surface area contributed by atoms with E-state index in [0.29, 0.717) is 31.2 Å². The van der Waals surface area contributed by atoms with Gasteiger partial charge in [0.25, 0.3) is 0 Å². The van der Waals surface area contributed by atoms with Crippen LogP contribution >= 0.6 is 0 Å². The number of unbranched alkanes of at least 4 members (excludes halogenated alkanes) is 1. The van der Waals surface area contributed by atoms with E-state index < -0.39 is 126 Å². The lowest BCUT2D eigenvalue weighted by atomic mass is 9.96. The van der Waals surface area contributed by atoms with Crippen molar-refractivity contribution in [2.75, 3.05) is 13.2 Å². The van der Waals surface area contributed by atoms with E-state index in [-0.39, 0.29) is 70.5 Å². The summed E-state index contributed by atoms with van der Waals surface area (Å²) in [5.41, 5.74) is 7.13. The number of amides is 9. The van der Waals surface area contributed by atoms with Crippen LogP contribution in [0, 0.1) is 11.8 Å². The molecule has 0 spiro atoms. The molecule has 4 aliphatic heterocycles. The molecule has 0 unspecified atom stereocenters. The van der Waals surface area contributed by atoms with Crippen LogP contribution in [0.2, 0.25) is 0 Å². The maximum atomic E-state index is 13.8. The maximum absolute atomic E-state index is 13.8. The molecule has 6 rings (SSSR count). The number of benzene rings is 2. The lowest BCUT2D eigenvalue weighted by molar-refractivity contribution is -0.150. The van der Waals surface area contributed by atoms with E-state index in [1.807, 2.05) is 19.9 Å². The van der Waals surface area contributed by atoms with Gasteiger partial charge < -0.3 is 62.0 Å². The highest BCUT2D eigenvalue weighted by Gasteiger charge is 2.50. The molecule has 22 heteroatoms. The number of nitrogens with zero attached hydrogens (tertiary/aromatic N) is 2. The van der Waals surface area contributed by atoms with E-state index in [2.05, 4.69) is 31.9 Å². The second-order valence-electron chi connectivity index (χ2n) is 19.7. The van der Waals surface area contributed by atoms with Gasteiger partial charge in [-0.15, -0.1) is 0 Å². The van der Waals surface area contributed by atoms with Crippen molar-refractivity contribution in [1.29, 1.82) is 0 Å². The molecule has 74 heavy (non-hydrogen) atoms. The number of carboxylic acid groups (broad SMARTS) is 1. The first-order valence-electron chi connectivity index (χ1n) is 25.7. The molecule has 0 bridgehead atoms. The zero-order valence-electron chi connectivity index (χ0n) is 42.4. The number of aliphatic carboxylic acids is 1. The molecule has 2 aromatic carbocycles. The van der Waals surface area contributed by atoms with Crippen molar-refractivity contribution < 1.29 is 62.5 Å². The van der Waals surface area contributed by atoms with Gasteiger partial charge in [0, 0.05) is 25.7 Å². The zero-order valence-corrected chi connectivity index (χ0v) is 42.4. The quantitative estimate of drug-likeness (QED) is 0.0622. The molecule has 2 aromatic rings. The zero-order chi connectivity index (χ0) is 53.6. The molecule has 4 saturated heterocycles. The van der Waals surface area contributed by atoms with Gasteiger partial charge in [0.05, 0.1) is 13.2 Å². The van der Waals surface area contributed by atoms with Gasteiger partial charge in [0.15, 0.2) is 0 Å². The normalized spacial score (nSPS) is 23.6. The number of hydrogen-bond acceptors (Lipinski definition) is 12. The SMILES string of the molecule is CC[C@H](C)[C@H](NC(=O)[C@@H]1CO[C@H]2CC[C@H](NC(=O)CCCCC(=O)N[C@H]3CC[C@@H]4OC[C@@H](C(=O)N[C@H](C(=O)N[C@@H](Cc5ccccc5)C(=O)O)[C@@H](C)CC)N4C3=O)C(=O)N21)C(=O)N[C@@H](Cc1ccccc1)C(N)=O. The minimum Gasteiger partial charge on any atom is -0.480 e. The van der Waals surface area contributed by atoms with E-state index in [4.69, 9.17) is 15.2 Å². The van der Waals surface area contributed by atoms with Crippen molar-refractivity contribution in [3.05, 3.63) is 71.8 Å². The molecule has 4 fully saturated rings. The van der Waals surface area contributed by atoms with E-state index >= 15 is 0 Å². The lowest BCUT2D eigenvalue weighted by Gasteiger charge is -2.36. The number of carbonyl (C=O) groups is 10. The summed E-state index contributed by atoms with van der Waals surface area (Å²) in [7, 11) is 0. The molecule has 12 atom stereocenters. The first kappa shape index (κ1) is 56.4. The monoisotopic (exact) mass is 1030 g/mol. The van der Waals surface area contributed by atoms with Crippen molar-refractivity contribution in [2.24, 2.45) is 17.6 Å². The predicted molar refractivity (Wildman–Crippen MR) is 265 cm³/mol. The van der Waals surface area contributed by atoms with Crippen molar-refractivity contribution in [2.45, 2.75) is 166 Å². The second kappa shape index (κ2) is 26.3. The highest BCUT2D eigenvalue weighted by Crippen LogP contribution is 2.30. The molecule has 4 aliphatic rings. The molecule has 0 radical (unpaired) electrons.